The standard InChI is InChI=1S/C18H26N2O2.C3H8/c1-4-20(5-2)14-13-18(15-9-7-6-8-10-15)12-11-16(22-3)19-17(18)21;1-3-2/h6-10H,4-5,11-14H2,1-3H3;3H2,1-2H3. The second kappa shape index (κ2) is 11.0. The number of carbonyl (C=O) groups is 1. The third-order valence-corrected chi connectivity index (χ3v) is 4.71. The van der Waals surface area contributed by atoms with Gasteiger partial charge in [0.05, 0.1) is 12.5 Å². The number of ether oxygens (including phenoxy) is 1. The smallest absolute Gasteiger partial charge is 0.259 e. The Labute approximate surface area is 153 Å². The van der Waals surface area contributed by atoms with Crippen LogP contribution in [0.3, 0.4) is 0 Å². The van der Waals surface area contributed by atoms with Gasteiger partial charge in [-0.2, -0.15) is 4.99 Å². The van der Waals surface area contributed by atoms with Crippen LogP contribution in [0.2, 0.25) is 0 Å². The fourth-order valence-corrected chi connectivity index (χ4v) is 3.14. The Hall–Kier alpha value is -1.68. The molecule has 1 unspecified atom stereocenters. The number of benzene rings is 1. The number of carbonyl (C=O) groups excluding carboxylic acids is 1. The highest BCUT2D eigenvalue weighted by Crippen LogP contribution is 2.37. The predicted molar refractivity (Wildman–Crippen MR) is 105 cm³/mol. The molecule has 4 heteroatoms. The van der Waals surface area contributed by atoms with Crippen molar-refractivity contribution in [3.63, 3.8) is 0 Å². The molecule has 2 rings (SSSR count). The molecule has 1 atom stereocenters. The summed E-state index contributed by atoms with van der Waals surface area (Å²) in [5.74, 6) is 0.494. The average Bonchev–Trinajstić information content (AvgIpc) is 2.65. The molecular weight excluding hydrogens is 312 g/mol. The van der Waals surface area contributed by atoms with Gasteiger partial charge in [-0.25, -0.2) is 0 Å². The molecule has 0 saturated heterocycles. The second-order valence-electron chi connectivity index (χ2n) is 6.45. The van der Waals surface area contributed by atoms with Crippen molar-refractivity contribution in [1.29, 1.82) is 0 Å². The van der Waals surface area contributed by atoms with E-state index in [-0.39, 0.29) is 5.91 Å². The van der Waals surface area contributed by atoms with Crippen molar-refractivity contribution in [2.45, 2.75) is 58.8 Å². The van der Waals surface area contributed by atoms with Crippen molar-refractivity contribution < 1.29 is 9.53 Å². The summed E-state index contributed by atoms with van der Waals surface area (Å²) in [5, 5.41) is 0. The quantitative estimate of drug-likeness (QED) is 0.765. The van der Waals surface area contributed by atoms with Crippen LogP contribution in [0.4, 0.5) is 0 Å². The van der Waals surface area contributed by atoms with E-state index < -0.39 is 5.41 Å². The van der Waals surface area contributed by atoms with Crippen LogP contribution in [0.5, 0.6) is 0 Å². The zero-order chi connectivity index (χ0) is 18.7. The first kappa shape index (κ1) is 21.4. The summed E-state index contributed by atoms with van der Waals surface area (Å²) in [6, 6.07) is 10.1. The first-order chi connectivity index (χ1) is 12.1. The zero-order valence-corrected chi connectivity index (χ0v) is 16.5. The Balaban J connectivity index is 0.000000970. The van der Waals surface area contributed by atoms with Crippen LogP contribution in [0, 0.1) is 0 Å². The Morgan fingerprint density at radius 1 is 1.12 bits per heavy atom. The van der Waals surface area contributed by atoms with Crippen LogP contribution >= 0.6 is 0 Å². The number of hydrogen-bond acceptors (Lipinski definition) is 3. The van der Waals surface area contributed by atoms with E-state index in [4.69, 9.17) is 4.74 Å². The van der Waals surface area contributed by atoms with Crippen molar-refractivity contribution >= 4 is 11.8 Å². The Morgan fingerprint density at radius 3 is 2.20 bits per heavy atom. The molecule has 4 nitrogen and oxygen atoms in total. The van der Waals surface area contributed by atoms with Gasteiger partial charge in [0.25, 0.3) is 5.91 Å². The van der Waals surface area contributed by atoms with Gasteiger partial charge in [-0.05, 0) is 38.0 Å². The molecule has 25 heavy (non-hydrogen) atoms. The number of aliphatic imine (C=N–C) groups is 1. The van der Waals surface area contributed by atoms with Gasteiger partial charge >= 0.3 is 0 Å². The number of rotatable bonds is 6. The van der Waals surface area contributed by atoms with Crippen LogP contribution < -0.4 is 0 Å². The summed E-state index contributed by atoms with van der Waals surface area (Å²) < 4.78 is 5.18. The normalized spacial score (nSPS) is 19.9. The highest BCUT2D eigenvalue weighted by molar-refractivity contribution is 6.00. The van der Waals surface area contributed by atoms with E-state index in [1.165, 1.54) is 6.42 Å². The lowest BCUT2D eigenvalue weighted by molar-refractivity contribution is -0.124. The first-order valence-electron chi connectivity index (χ1n) is 9.51. The lowest BCUT2D eigenvalue weighted by Crippen LogP contribution is -2.42. The molecule has 1 aromatic carbocycles. The topological polar surface area (TPSA) is 41.9 Å². The predicted octanol–water partition coefficient (Wildman–Crippen LogP) is 4.44. The van der Waals surface area contributed by atoms with E-state index in [1.807, 2.05) is 30.3 Å². The summed E-state index contributed by atoms with van der Waals surface area (Å²) in [4.78, 5) is 19.3. The molecule has 1 heterocycles. The number of amides is 1. The van der Waals surface area contributed by atoms with Crippen LogP contribution in [-0.4, -0.2) is 43.4 Å². The largest absolute Gasteiger partial charge is 0.484 e. The number of hydrogen-bond donors (Lipinski definition) is 0. The lowest BCUT2D eigenvalue weighted by Gasteiger charge is -2.35. The van der Waals surface area contributed by atoms with Crippen molar-refractivity contribution in [2.24, 2.45) is 4.99 Å². The van der Waals surface area contributed by atoms with E-state index in [0.29, 0.717) is 5.90 Å². The molecular formula is C21H34N2O2. The minimum Gasteiger partial charge on any atom is -0.484 e. The zero-order valence-electron chi connectivity index (χ0n) is 16.5. The van der Waals surface area contributed by atoms with Crippen molar-refractivity contribution in [3.05, 3.63) is 35.9 Å². The van der Waals surface area contributed by atoms with Crippen LogP contribution in [-0.2, 0) is 14.9 Å². The molecule has 1 aliphatic rings. The monoisotopic (exact) mass is 346 g/mol. The fourth-order valence-electron chi connectivity index (χ4n) is 3.14. The molecule has 0 fully saturated rings. The van der Waals surface area contributed by atoms with Gasteiger partial charge in [0.15, 0.2) is 5.90 Å². The van der Waals surface area contributed by atoms with Crippen molar-refractivity contribution in [3.8, 4) is 0 Å². The van der Waals surface area contributed by atoms with Gasteiger partial charge in [0.1, 0.15) is 0 Å². The number of methoxy groups -OCH3 is 1. The highest BCUT2D eigenvalue weighted by Gasteiger charge is 2.42. The summed E-state index contributed by atoms with van der Waals surface area (Å²) in [6.07, 6.45) is 3.54. The average molecular weight is 347 g/mol. The summed E-state index contributed by atoms with van der Waals surface area (Å²) in [5.41, 5.74) is 0.567. The van der Waals surface area contributed by atoms with Crippen LogP contribution in [0.15, 0.2) is 35.3 Å². The Kier molecular flexibility index (Phi) is 9.43. The Bertz CT molecular complexity index is 538. The molecule has 140 valence electrons. The van der Waals surface area contributed by atoms with Gasteiger partial charge in [-0.15, -0.1) is 0 Å². The maximum absolute atomic E-state index is 12.8. The van der Waals surface area contributed by atoms with Crippen molar-refractivity contribution in [2.75, 3.05) is 26.7 Å². The van der Waals surface area contributed by atoms with E-state index in [0.717, 1.165) is 44.5 Å². The summed E-state index contributed by atoms with van der Waals surface area (Å²) in [6.45, 7) is 11.5. The molecule has 0 bridgehead atoms. The summed E-state index contributed by atoms with van der Waals surface area (Å²) >= 11 is 0. The molecule has 1 aromatic rings. The van der Waals surface area contributed by atoms with Gasteiger partial charge in [-0.1, -0.05) is 64.4 Å². The third-order valence-electron chi connectivity index (χ3n) is 4.71. The van der Waals surface area contributed by atoms with Gasteiger partial charge in [0, 0.05) is 6.42 Å². The van der Waals surface area contributed by atoms with E-state index >= 15 is 0 Å². The molecule has 1 amide bonds. The molecule has 0 aromatic heterocycles. The molecule has 0 aliphatic carbocycles. The lowest BCUT2D eigenvalue weighted by atomic mass is 9.72. The maximum Gasteiger partial charge on any atom is 0.259 e. The minimum absolute atomic E-state index is 0.0612. The molecule has 1 aliphatic heterocycles. The molecule has 0 saturated carbocycles. The van der Waals surface area contributed by atoms with Gasteiger partial charge < -0.3 is 9.64 Å². The molecule has 0 spiro atoms. The van der Waals surface area contributed by atoms with E-state index in [2.05, 4.69) is 37.6 Å². The second-order valence-corrected chi connectivity index (χ2v) is 6.45. The molecule has 0 radical (unpaired) electrons. The Morgan fingerprint density at radius 2 is 1.72 bits per heavy atom. The van der Waals surface area contributed by atoms with Gasteiger partial charge in [0.2, 0.25) is 0 Å². The highest BCUT2D eigenvalue weighted by atomic mass is 16.5. The fraction of sp³-hybridized carbons (Fsp3) is 0.619. The maximum atomic E-state index is 12.8. The summed E-state index contributed by atoms with van der Waals surface area (Å²) in [7, 11) is 1.58. The van der Waals surface area contributed by atoms with Crippen LogP contribution in [0.1, 0.15) is 58.9 Å². The molecule has 0 N–H and O–H groups in total. The minimum atomic E-state index is -0.508. The first-order valence-corrected chi connectivity index (χ1v) is 9.51. The third kappa shape index (κ3) is 5.67. The van der Waals surface area contributed by atoms with Crippen molar-refractivity contribution in [1.82, 2.24) is 4.90 Å². The van der Waals surface area contributed by atoms with E-state index in [9.17, 15) is 4.79 Å². The van der Waals surface area contributed by atoms with Gasteiger partial charge in [-0.3, -0.25) is 4.79 Å². The SMILES string of the molecule is CCC.CCN(CC)CCC1(c2ccccc2)CCC(OC)=NC1=O. The van der Waals surface area contributed by atoms with E-state index in [1.54, 1.807) is 7.11 Å². The van der Waals surface area contributed by atoms with Crippen LogP contribution in [0.25, 0.3) is 0 Å². The number of nitrogens with zero attached hydrogens (tertiary/aromatic N) is 2.